The highest BCUT2D eigenvalue weighted by molar-refractivity contribution is 7.22. The lowest BCUT2D eigenvalue weighted by Gasteiger charge is -2.07. The van der Waals surface area contributed by atoms with E-state index in [0.717, 1.165) is 33.4 Å². The van der Waals surface area contributed by atoms with Crippen LogP contribution in [0.1, 0.15) is 19.4 Å². The van der Waals surface area contributed by atoms with Crippen LogP contribution in [0, 0.1) is 0 Å². The molecule has 0 fully saturated rings. The van der Waals surface area contributed by atoms with Gasteiger partial charge in [-0.3, -0.25) is 0 Å². The third-order valence-electron chi connectivity index (χ3n) is 3.33. The Morgan fingerprint density at radius 3 is 2.57 bits per heavy atom. The number of fused-ring (bicyclic) bond motifs is 1. The SMILES string of the molecule is CCOc1cc(OCC)c2nc(NCc3ccccc3)sc2c1. The number of rotatable bonds is 7. The Kier molecular flexibility index (Phi) is 4.98. The number of anilines is 1. The zero-order chi connectivity index (χ0) is 16.1. The first-order valence-electron chi connectivity index (χ1n) is 7.78. The number of nitrogens with one attached hydrogen (secondary N) is 1. The summed E-state index contributed by atoms with van der Waals surface area (Å²) in [5.74, 6) is 1.60. The predicted octanol–water partition coefficient (Wildman–Crippen LogP) is 4.71. The van der Waals surface area contributed by atoms with E-state index in [0.29, 0.717) is 13.2 Å². The van der Waals surface area contributed by atoms with Gasteiger partial charge in [-0.1, -0.05) is 41.7 Å². The normalized spacial score (nSPS) is 10.7. The summed E-state index contributed by atoms with van der Waals surface area (Å²) < 4.78 is 12.4. The highest BCUT2D eigenvalue weighted by Gasteiger charge is 2.12. The molecule has 0 spiro atoms. The van der Waals surface area contributed by atoms with E-state index in [2.05, 4.69) is 22.4 Å². The van der Waals surface area contributed by atoms with Crippen molar-refractivity contribution in [1.82, 2.24) is 4.98 Å². The van der Waals surface area contributed by atoms with Gasteiger partial charge in [0.25, 0.3) is 0 Å². The topological polar surface area (TPSA) is 43.4 Å². The van der Waals surface area contributed by atoms with Crippen LogP contribution in [0.2, 0.25) is 0 Å². The van der Waals surface area contributed by atoms with Crippen molar-refractivity contribution in [2.75, 3.05) is 18.5 Å². The van der Waals surface area contributed by atoms with Gasteiger partial charge in [-0.2, -0.15) is 0 Å². The quantitative estimate of drug-likeness (QED) is 0.682. The number of aromatic nitrogens is 1. The highest BCUT2D eigenvalue weighted by Crippen LogP contribution is 2.36. The number of hydrogen-bond donors (Lipinski definition) is 1. The van der Waals surface area contributed by atoms with E-state index in [-0.39, 0.29) is 0 Å². The lowest BCUT2D eigenvalue weighted by Crippen LogP contribution is -1.98. The second kappa shape index (κ2) is 7.33. The summed E-state index contributed by atoms with van der Waals surface area (Å²) in [5.41, 5.74) is 2.11. The fraction of sp³-hybridized carbons (Fsp3) is 0.278. The molecule has 4 nitrogen and oxygen atoms in total. The molecule has 0 radical (unpaired) electrons. The van der Waals surface area contributed by atoms with E-state index in [1.54, 1.807) is 11.3 Å². The van der Waals surface area contributed by atoms with Crippen LogP contribution in [-0.4, -0.2) is 18.2 Å². The number of hydrogen-bond acceptors (Lipinski definition) is 5. The Balaban J connectivity index is 1.86. The van der Waals surface area contributed by atoms with E-state index < -0.39 is 0 Å². The molecule has 0 saturated carbocycles. The maximum absolute atomic E-state index is 5.72. The average Bonchev–Trinajstić information content (AvgIpc) is 2.98. The lowest BCUT2D eigenvalue weighted by molar-refractivity contribution is 0.326. The largest absolute Gasteiger partial charge is 0.494 e. The van der Waals surface area contributed by atoms with Crippen LogP contribution in [0.4, 0.5) is 5.13 Å². The molecule has 0 bridgehead atoms. The highest BCUT2D eigenvalue weighted by atomic mass is 32.1. The molecule has 5 heteroatoms. The molecule has 1 heterocycles. The van der Waals surface area contributed by atoms with Gasteiger partial charge < -0.3 is 14.8 Å². The zero-order valence-corrected chi connectivity index (χ0v) is 14.2. The average molecular weight is 328 g/mol. The molecule has 0 aliphatic heterocycles. The number of ether oxygens (including phenoxy) is 2. The molecule has 3 rings (SSSR count). The summed E-state index contributed by atoms with van der Waals surface area (Å²) in [6.07, 6.45) is 0. The zero-order valence-electron chi connectivity index (χ0n) is 13.3. The minimum Gasteiger partial charge on any atom is -0.494 e. The molecule has 0 unspecified atom stereocenters. The monoisotopic (exact) mass is 328 g/mol. The predicted molar refractivity (Wildman–Crippen MR) is 95.7 cm³/mol. The Morgan fingerprint density at radius 2 is 1.83 bits per heavy atom. The summed E-state index contributed by atoms with van der Waals surface area (Å²) in [6, 6.07) is 14.2. The van der Waals surface area contributed by atoms with Gasteiger partial charge in [-0.05, 0) is 25.5 Å². The number of thiazole rings is 1. The van der Waals surface area contributed by atoms with E-state index in [1.165, 1.54) is 5.56 Å². The Labute approximate surface area is 140 Å². The molecule has 0 amide bonds. The number of benzene rings is 2. The third kappa shape index (κ3) is 3.74. The van der Waals surface area contributed by atoms with Crippen molar-refractivity contribution in [3.8, 4) is 11.5 Å². The van der Waals surface area contributed by atoms with Crippen molar-refractivity contribution < 1.29 is 9.47 Å². The minimum atomic E-state index is 0.606. The summed E-state index contributed by atoms with van der Waals surface area (Å²) >= 11 is 1.61. The van der Waals surface area contributed by atoms with Gasteiger partial charge in [0.1, 0.15) is 17.0 Å². The summed E-state index contributed by atoms with van der Waals surface area (Å²) in [5, 5.41) is 4.27. The standard InChI is InChI=1S/C18H20N2O2S/c1-3-21-14-10-15(22-4-2)17-16(11-14)23-18(20-17)19-12-13-8-6-5-7-9-13/h5-11H,3-4,12H2,1-2H3,(H,19,20). The molecule has 120 valence electrons. The summed E-state index contributed by atoms with van der Waals surface area (Å²) in [6.45, 7) is 5.94. The van der Waals surface area contributed by atoms with Crippen LogP contribution in [0.3, 0.4) is 0 Å². The van der Waals surface area contributed by atoms with Crippen LogP contribution in [-0.2, 0) is 6.54 Å². The van der Waals surface area contributed by atoms with Crippen molar-refractivity contribution in [2.24, 2.45) is 0 Å². The fourth-order valence-electron chi connectivity index (χ4n) is 2.34. The molecule has 2 aromatic carbocycles. The van der Waals surface area contributed by atoms with Crippen molar-refractivity contribution in [3.63, 3.8) is 0 Å². The molecule has 3 aromatic rings. The molecule has 1 N–H and O–H groups in total. The van der Waals surface area contributed by atoms with E-state index >= 15 is 0 Å². The van der Waals surface area contributed by atoms with Crippen molar-refractivity contribution in [2.45, 2.75) is 20.4 Å². The van der Waals surface area contributed by atoms with E-state index in [1.807, 2.05) is 44.2 Å². The first-order valence-corrected chi connectivity index (χ1v) is 8.59. The van der Waals surface area contributed by atoms with E-state index in [9.17, 15) is 0 Å². The first kappa shape index (κ1) is 15.6. The van der Waals surface area contributed by atoms with Crippen molar-refractivity contribution in [3.05, 3.63) is 48.0 Å². The second-order valence-electron chi connectivity index (χ2n) is 4.99. The summed E-state index contributed by atoms with van der Waals surface area (Å²) in [7, 11) is 0. The van der Waals surface area contributed by atoms with Crippen LogP contribution < -0.4 is 14.8 Å². The van der Waals surface area contributed by atoms with E-state index in [4.69, 9.17) is 9.47 Å². The molecular formula is C18H20N2O2S. The van der Waals surface area contributed by atoms with Gasteiger partial charge in [0, 0.05) is 12.6 Å². The molecule has 0 aliphatic rings. The molecule has 1 aromatic heterocycles. The molecular weight excluding hydrogens is 308 g/mol. The fourth-order valence-corrected chi connectivity index (χ4v) is 3.25. The Hall–Kier alpha value is -2.27. The maximum Gasteiger partial charge on any atom is 0.184 e. The third-order valence-corrected chi connectivity index (χ3v) is 4.29. The van der Waals surface area contributed by atoms with Gasteiger partial charge in [-0.25, -0.2) is 4.98 Å². The molecule has 0 atom stereocenters. The van der Waals surface area contributed by atoms with Gasteiger partial charge >= 0.3 is 0 Å². The van der Waals surface area contributed by atoms with Crippen molar-refractivity contribution in [1.29, 1.82) is 0 Å². The molecule has 23 heavy (non-hydrogen) atoms. The van der Waals surface area contributed by atoms with Crippen LogP contribution in [0.25, 0.3) is 10.2 Å². The van der Waals surface area contributed by atoms with Crippen LogP contribution >= 0.6 is 11.3 Å². The minimum absolute atomic E-state index is 0.606. The Morgan fingerprint density at radius 1 is 1.04 bits per heavy atom. The summed E-state index contributed by atoms with van der Waals surface area (Å²) in [4.78, 5) is 4.67. The smallest absolute Gasteiger partial charge is 0.184 e. The first-order chi connectivity index (χ1) is 11.3. The molecule has 0 saturated heterocycles. The maximum atomic E-state index is 5.72. The van der Waals surface area contributed by atoms with Gasteiger partial charge in [-0.15, -0.1) is 0 Å². The molecule has 0 aliphatic carbocycles. The number of nitrogens with zero attached hydrogens (tertiary/aromatic N) is 1. The van der Waals surface area contributed by atoms with Crippen LogP contribution in [0.5, 0.6) is 11.5 Å². The lowest BCUT2D eigenvalue weighted by atomic mass is 10.2. The van der Waals surface area contributed by atoms with Gasteiger partial charge in [0.2, 0.25) is 0 Å². The second-order valence-corrected chi connectivity index (χ2v) is 6.02. The Bertz CT molecular complexity index is 771. The van der Waals surface area contributed by atoms with Gasteiger partial charge in [0.15, 0.2) is 5.13 Å². The van der Waals surface area contributed by atoms with Crippen LogP contribution in [0.15, 0.2) is 42.5 Å². The van der Waals surface area contributed by atoms with Crippen molar-refractivity contribution >= 4 is 26.7 Å². The van der Waals surface area contributed by atoms with Gasteiger partial charge in [0.05, 0.1) is 17.9 Å².